The quantitative estimate of drug-likeness (QED) is 0.332. The van der Waals surface area contributed by atoms with E-state index in [0.29, 0.717) is 29.2 Å². The minimum atomic E-state index is 0.456. The summed E-state index contributed by atoms with van der Waals surface area (Å²) in [6, 6.07) is 15.6. The van der Waals surface area contributed by atoms with Gasteiger partial charge in [0.05, 0.1) is 18.9 Å². The van der Waals surface area contributed by atoms with Crippen molar-refractivity contribution in [2.45, 2.75) is 13.8 Å². The van der Waals surface area contributed by atoms with Crippen molar-refractivity contribution >= 4 is 17.6 Å². The molecule has 0 saturated heterocycles. The second-order valence-electron chi connectivity index (χ2n) is 8.00. The summed E-state index contributed by atoms with van der Waals surface area (Å²) in [6.07, 6.45) is 3.05. The molecule has 182 valence electrons. The minimum absolute atomic E-state index is 0.456. The van der Waals surface area contributed by atoms with Gasteiger partial charge in [0.25, 0.3) is 0 Å². The molecule has 0 aliphatic carbocycles. The molecule has 0 aliphatic heterocycles. The highest BCUT2D eigenvalue weighted by Gasteiger charge is 2.15. The molecule has 35 heavy (non-hydrogen) atoms. The number of likely N-dealkylation sites (N-methyl/N-ethyl adjacent to an activating group) is 2. The predicted molar refractivity (Wildman–Crippen MR) is 138 cm³/mol. The Morgan fingerprint density at radius 1 is 0.971 bits per heavy atom. The predicted octanol–water partition coefficient (Wildman–Crippen LogP) is 4.72. The van der Waals surface area contributed by atoms with Crippen LogP contribution in [0.2, 0.25) is 0 Å². The van der Waals surface area contributed by atoms with Gasteiger partial charge in [-0.05, 0) is 25.2 Å². The van der Waals surface area contributed by atoms with Gasteiger partial charge in [0, 0.05) is 37.5 Å². The molecule has 4 rings (SSSR count). The van der Waals surface area contributed by atoms with E-state index in [1.54, 1.807) is 13.3 Å². The molecule has 0 fully saturated rings. The maximum Gasteiger partial charge on any atom is 0.232 e. The molecule has 1 N–H and O–H groups in total. The Morgan fingerprint density at radius 3 is 2.46 bits per heavy atom. The summed E-state index contributed by atoms with van der Waals surface area (Å²) >= 11 is 0. The maximum absolute atomic E-state index is 5.58. The fourth-order valence-corrected chi connectivity index (χ4v) is 3.69. The molecule has 0 bridgehead atoms. The van der Waals surface area contributed by atoms with Crippen LogP contribution in [0, 0.1) is 0 Å². The zero-order chi connectivity index (χ0) is 24.6. The minimum Gasteiger partial charge on any atom is -0.496 e. The molecule has 9 heteroatoms. The third kappa shape index (κ3) is 5.93. The molecule has 0 atom stereocenters. The van der Waals surface area contributed by atoms with Crippen molar-refractivity contribution in [2.75, 3.05) is 50.6 Å². The fraction of sp³-hybridized carbons (Fsp3) is 0.308. The monoisotopic (exact) mass is 473 g/mol. The lowest BCUT2D eigenvalue weighted by Gasteiger charge is -2.23. The highest BCUT2D eigenvalue weighted by Crippen LogP contribution is 2.33. The van der Waals surface area contributed by atoms with Gasteiger partial charge in [0.2, 0.25) is 11.9 Å². The normalized spacial score (nSPS) is 11.0. The number of oxazole rings is 1. The van der Waals surface area contributed by atoms with Gasteiger partial charge >= 0.3 is 0 Å². The largest absolute Gasteiger partial charge is 0.496 e. The topological polar surface area (TPSA) is 92.4 Å². The van der Waals surface area contributed by atoms with Crippen LogP contribution in [0.4, 0.5) is 17.6 Å². The average molecular weight is 474 g/mol. The zero-order valence-electron chi connectivity index (χ0n) is 20.6. The Hall–Kier alpha value is -3.98. The second kappa shape index (κ2) is 11.4. The Bertz CT molecular complexity index is 1210. The van der Waals surface area contributed by atoms with E-state index in [2.05, 4.69) is 33.9 Å². The van der Waals surface area contributed by atoms with Crippen molar-refractivity contribution < 1.29 is 9.15 Å². The van der Waals surface area contributed by atoms with E-state index in [-0.39, 0.29) is 0 Å². The fourth-order valence-electron chi connectivity index (χ4n) is 3.69. The number of hydrogen-bond acceptors (Lipinski definition) is 9. The van der Waals surface area contributed by atoms with Crippen molar-refractivity contribution in [3.8, 4) is 28.5 Å². The van der Waals surface area contributed by atoms with Crippen molar-refractivity contribution in [3.05, 3.63) is 61.1 Å². The molecule has 2 heterocycles. The van der Waals surface area contributed by atoms with E-state index in [1.807, 2.05) is 55.6 Å². The first-order valence-electron chi connectivity index (χ1n) is 11.7. The smallest absolute Gasteiger partial charge is 0.232 e. The van der Waals surface area contributed by atoms with E-state index < -0.39 is 0 Å². The number of nitrogens with one attached hydrogen (secondary N) is 1. The zero-order valence-corrected chi connectivity index (χ0v) is 20.6. The summed E-state index contributed by atoms with van der Waals surface area (Å²) < 4.78 is 11.0. The molecule has 0 radical (unpaired) electrons. The van der Waals surface area contributed by atoms with Gasteiger partial charge in [0.15, 0.2) is 18.0 Å². The molecule has 2 aromatic carbocycles. The van der Waals surface area contributed by atoms with Crippen LogP contribution in [0.25, 0.3) is 22.7 Å². The lowest BCUT2D eigenvalue weighted by Crippen LogP contribution is -2.34. The van der Waals surface area contributed by atoms with E-state index in [4.69, 9.17) is 24.1 Å². The highest BCUT2D eigenvalue weighted by molar-refractivity contribution is 5.71. The SMILES string of the molecule is CCN(CC)CCN(C)c1nc(Nc2ccc(-c3cnco3)c(OC)c2)nc(-c2ccccc2)n1. The van der Waals surface area contributed by atoms with Crippen LogP contribution >= 0.6 is 0 Å². The summed E-state index contributed by atoms with van der Waals surface area (Å²) in [4.78, 5) is 22.6. The molecular weight excluding hydrogens is 442 g/mol. The van der Waals surface area contributed by atoms with Gasteiger partial charge < -0.3 is 24.3 Å². The summed E-state index contributed by atoms with van der Waals surface area (Å²) in [5.74, 6) is 2.97. The highest BCUT2D eigenvalue weighted by atomic mass is 16.5. The van der Waals surface area contributed by atoms with Crippen LogP contribution < -0.4 is 15.0 Å². The van der Waals surface area contributed by atoms with Crippen molar-refractivity contribution in [1.29, 1.82) is 0 Å². The molecule has 0 aliphatic rings. The first kappa shape index (κ1) is 24.2. The van der Waals surface area contributed by atoms with Crippen molar-refractivity contribution in [1.82, 2.24) is 24.8 Å². The Labute approximate surface area is 205 Å². The Kier molecular flexibility index (Phi) is 7.89. The number of hydrogen-bond donors (Lipinski definition) is 1. The summed E-state index contributed by atoms with van der Waals surface area (Å²) in [7, 11) is 3.63. The summed E-state index contributed by atoms with van der Waals surface area (Å²) in [5, 5.41) is 3.32. The molecule has 0 amide bonds. The molecule has 0 saturated carbocycles. The van der Waals surface area contributed by atoms with Crippen LogP contribution in [-0.4, -0.2) is 65.2 Å². The molecule has 0 spiro atoms. The molecule has 2 aromatic heterocycles. The van der Waals surface area contributed by atoms with Crippen LogP contribution in [0.1, 0.15) is 13.8 Å². The van der Waals surface area contributed by atoms with E-state index in [9.17, 15) is 0 Å². The van der Waals surface area contributed by atoms with Crippen LogP contribution in [0.5, 0.6) is 5.75 Å². The van der Waals surface area contributed by atoms with Crippen LogP contribution in [0.15, 0.2) is 65.5 Å². The number of anilines is 3. The molecule has 0 unspecified atom stereocenters. The second-order valence-corrected chi connectivity index (χ2v) is 8.00. The van der Waals surface area contributed by atoms with E-state index in [0.717, 1.165) is 43.0 Å². The molecule has 9 nitrogen and oxygen atoms in total. The Morgan fingerprint density at radius 2 is 1.77 bits per heavy atom. The van der Waals surface area contributed by atoms with Gasteiger partial charge in [-0.25, -0.2) is 4.98 Å². The number of aromatic nitrogens is 4. The van der Waals surface area contributed by atoms with Gasteiger partial charge in [-0.2, -0.15) is 15.0 Å². The molecule has 4 aromatic rings. The maximum atomic E-state index is 5.58. The third-order valence-corrected chi connectivity index (χ3v) is 5.80. The Balaban J connectivity index is 1.64. The first-order valence-corrected chi connectivity index (χ1v) is 11.7. The number of methoxy groups -OCH3 is 1. The number of benzene rings is 2. The van der Waals surface area contributed by atoms with Gasteiger partial charge in [0.1, 0.15) is 5.75 Å². The number of rotatable bonds is 11. The lowest BCUT2D eigenvalue weighted by atomic mass is 10.1. The standard InChI is InChI=1S/C26H31N7O2/c1-5-33(6-2)15-14-32(3)26-30-24(19-10-8-7-9-11-19)29-25(31-26)28-20-12-13-21(22(16-20)34-4)23-17-27-18-35-23/h7-13,16-18H,5-6,14-15H2,1-4H3,(H,28,29,30,31). The van der Waals surface area contributed by atoms with Crippen molar-refractivity contribution in [3.63, 3.8) is 0 Å². The van der Waals surface area contributed by atoms with Crippen LogP contribution in [-0.2, 0) is 0 Å². The van der Waals surface area contributed by atoms with Gasteiger partial charge in [-0.1, -0.05) is 44.2 Å². The summed E-state index contributed by atoms with van der Waals surface area (Å²) in [6.45, 7) is 8.09. The average Bonchev–Trinajstić information content (AvgIpc) is 3.44. The summed E-state index contributed by atoms with van der Waals surface area (Å²) in [5.41, 5.74) is 2.52. The molecular formula is C26H31N7O2. The van der Waals surface area contributed by atoms with Crippen LogP contribution in [0.3, 0.4) is 0 Å². The first-order chi connectivity index (χ1) is 17.1. The number of ether oxygens (including phenoxy) is 1. The third-order valence-electron chi connectivity index (χ3n) is 5.80. The van der Waals surface area contributed by atoms with E-state index in [1.165, 1.54) is 6.39 Å². The van der Waals surface area contributed by atoms with Crippen molar-refractivity contribution in [2.24, 2.45) is 0 Å². The number of nitrogens with zero attached hydrogens (tertiary/aromatic N) is 6. The lowest BCUT2D eigenvalue weighted by molar-refractivity contribution is 0.310. The van der Waals surface area contributed by atoms with E-state index >= 15 is 0 Å². The van der Waals surface area contributed by atoms with Gasteiger partial charge in [-0.3, -0.25) is 0 Å². The van der Waals surface area contributed by atoms with Gasteiger partial charge in [-0.15, -0.1) is 0 Å².